The molecule has 0 aromatic rings. The average Bonchev–Trinajstić information content (AvgIpc) is 2.26. The van der Waals surface area contributed by atoms with Gasteiger partial charge in [0.1, 0.15) is 6.61 Å². The van der Waals surface area contributed by atoms with Crippen LogP contribution in [0.25, 0.3) is 0 Å². The van der Waals surface area contributed by atoms with Crippen molar-refractivity contribution in [3.63, 3.8) is 0 Å². The fourth-order valence-electron chi connectivity index (χ4n) is 1.13. The summed E-state index contributed by atoms with van der Waals surface area (Å²) in [5, 5.41) is 0. The van der Waals surface area contributed by atoms with Crippen LogP contribution in [-0.2, 0) is 19.2 Å². The highest BCUT2D eigenvalue weighted by atomic mass is 17.2. The Hall–Kier alpha value is -0.160. The fraction of sp³-hybridized carbons (Fsp3) is 1.00. The van der Waals surface area contributed by atoms with Crippen LogP contribution in [0.15, 0.2) is 0 Å². The highest BCUT2D eigenvalue weighted by Crippen LogP contribution is 1.98. The van der Waals surface area contributed by atoms with Crippen molar-refractivity contribution in [3.05, 3.63) is 0 Å². The van der Waals surface area contributed by atoms with Gasteiger partial charge in [-0.1, -0.05) is 26.2 Å². The Morgan fingerprint density at radius 2 is 1.40 bits per heavy atom. The highest BCUT2D eigenvalue weighted by molar-refractivity contribution is 4.39. The van der Waals surface area contributed by atoms with Crippen LogP contribution < -0.4 is 0 Å². The van der Waals surface area contributed by atoms with Crippen LogP contribution in [0.1, 0.15) is 32.6 Å². The highest BCUT2D eigenvalue weighted by Gasteiger charge is 1.91. The van der Waals surface area contributed by atoms with Gasteiger partial charge in [0.15, 0.2) is 0 Å². The molecule has 0 unspecified atom stereocenters. The molecule has 0 radical (unpaired) electrons. The minimum absolute atomic E-state index is 0.465. The molecule has 0 spiro atoms. The van der Waals surface area contributed by atoms with Crippen molar-refractivity contribution in [2.75, 3.05) is 40.1 Å². The Bertz CT molecular complexity index is 96.8. The summed E-state index contributed by atoms with van der Waals surface area (Å²) >= 11 is 0. The Kier molecular flexibility index (Phi) is 13.7. The smallest absolute Gasteiger partial charge is 0.106 e. The summed E-state index contributed by atoms with van der Waals surface area (Å²) in [6.07, 6.45) is 4.98. The van der Waals surface area contributed by atoms with Gasteiger partial charge >= 0.3 is 0 Å². The summed E-state index contributed by atoms with van der Waals surface area (Å²) in [7, 11) is 1.49. The molecule has 0 aliphatic rings. The molecule has 0 aliphatic carbocycles. The second kappa shape index (κ2) is 13.8. The Morgan fingerprint density at radius 1 is 0.733 bits per heavy atom. The van der Waals surface area contributed by atoms with Gasteiger partial charge in [-0.2, -0.15) is 0 Å². The first kappa shape index (κ1) is 14.8. The van der Waals surface area contributed by atoms with Crippen LogP contribution in [0.4, 0.5) is 0 Å². The van der Waals surface area contributed by atoms with Crippen molar-refractivity contribution < 1.29 is 19.2 Å². The molecule has 4 heteroatoms. The van der Waals surface area contributed by atoms with Gasteiger partial charge in [-0.25, -0.2) is 9.78 Å². The van der Waals surface area contributed by atoms with Crippen molar-refractivity contribution >= 4 is 0 Å². The molecule has 0 aromatic heterocycles. The molecule has 0 aliphatic heterocycles. The number of ether oxygens (including phenoxy) is 2. The van der Waals surface area contributed by atoms with Gasteiger partial charge in [0.05, 0.1) is 26.9 Å². The largest absolute Gasteiger partial charge is 0.379 e. The Labute approximate surface area is 92.8 Å². The van der Waals surface area contributed by atoms with Gasteiger partial charge < -0.3 is 9.47 Å². The van der Waals surface area contributed by atoms with Crippen molar-refractivity contribution in [1.82, 2.24) is 0 Å². The lowest BCUT2D eigenvalue weighted by Gasteiger charge is -2.05. The minimum atomic E-state index is 0.465. The van der Waals surface area contributed by atoms with E-state index in [0.29, 0.717) is 26.4 Å². The first-order valence-electron chi connectivity index (χ1n) is 5.73. The lowest BCUT2D eigenvalue weighted by Crippen LogP contribution is -2.09. The third-order valence-corrected chi connectivity index (χ3v) is 1.94. The number of unbranched alkanes of at least 4 members (excludes halogenated alkanes) is 3. The maximum absolute atomic E-state index is 5.39. The fourth-order valence-corrected chi connectivity index (χ4v) is 1.13. The van der Waals surface area contributed by atoms with Crippen LogP contribution in [0.3, 0.4) is 0 Å². The van der Waals surface area contributed by atoms with Gasteiger partial charge in [0.2, 0.25) is 0 Å². The number of rotatable bonds is 12. The zero-order valence-electron chi connectivity index (χ0n) is 10.00. The normalized spacial score (nSPS) is 10.8. The molecule has 4 nitrogen and oxygen atoms in total. The van der Waals surface area contributed by atoms with Gasteiger partial charge in [-0.3, -0.25) is 0 Å². The van der Waals surface area contributed by atoms with Crippen LogP contribution in [0.5, 0.6) is 0 Å². The van der Waals surface area contributed by atoms with Crippen molar-refractivity contribution in [2.24, 2.45) is 0 Å². The number of hydrogen-bond donors (Lipinski definition) is 0. The molecule has 0 heterocycles. The second-order valence-electron chi connectivity index (χ2n) is 3.27. The molecule has 0 atom stereocenters. The molecule has 0 N–H and O–H groups in total. The summed E-state index contributed by atoms with van der Waals surface area (Å²) < 4.78 is 10.6. The van der Waals surface area contributed by atoms with Crippen molar-refractivity contribution in [1.29, 1.82) is 0 Å². The van der Waals surface area contributed by atoms with Gasteiger partial charge in [-0.05, 0) is 6.42 Å². The monoisotopic (exact) mass is 220 g/mol. The molecule has 0 saturated heterocycles. The van der Waals surface area contributed by atoms with Crippen molar-refractivity contribution in [2.45, 2.75) is 32.6 Å². The van der Waals surface area contributed by atoms with Crippen LogP contribution >= 0.6 is 0 Å². The molecule has 0 amide bonds. The van der Waals surface area contributed by atoms with Crippen LogP contribution in [0, 0.1) is 0 Å². The third-order valence-electron chi connectivity index (χ3n) is 1.94. The van der Waals surface area contributed by atoms with Crippen LogP contribution in [-0.4, -0.2) is 40.1 Å². The van der Waals surface area contributed by atoms with E-state index in [2.05, 4.69) is 16.7 Å². The third kappa shape index (κ3) is 13.8. The predicted octanol–water partition coefficient (Wildman–Crippen LogP) is 2.18. The minimum Gasteiger partial charge on any atom is -0.379 e. The lowest BCUT2D eigenvalue weighted by molar-refractivity contribution is -0.277. The maximum Gasteiger partial charge on any atom is 0.106 e. The van der Waals surface area contributed by atoms with Gasteiger partial charge in [0.25, 0.3) is 0 Å². The zero-order chi connectivity index (χ0) is 11.2. The summed E-state index contributed by atoms with van der Waals surface area (Å²) in [6, 6.07) is 0. The quantitative estimate of drug-likeness (QED) is 0.287. The van der Waals surface area contributed by atoms with E-state index in [1.807, 2.05) is 0 Å². The van der Waals surface area contributed by atoms with E-state index in [1.165, 1.54) is 26.4 Å². The molecule has 0 rings (SSSR count). The van der Waals surface area contributed by atoms with E-state index in [1.54, 1.807) is 0 Å². The van der Waals surface area contributed by atoms with E-state index in [-0.39, 0.29) is 0 Å². The summed E-state index contributed by atoms with van der Waals surface area (Å²) in [5.41, 5.74) is 0. The summed E-state index contributed by atoms with van der Waals surface area (Å²) in [5.74, 6) is 0. The molecule has 92 valence electrons. The zero-order valence-corrected chi connectivity index (χ0v) is 10.00. The second-order valence-corrected chi connectivity index (χ2v) is 3.27. The number of hydrogen-bond acceptors (Lipinski definition) is 4. The van der Waals surface area contributed by atoms with E-state index >= 15 is 0 Å². The molecule has 15 heavy (non-hydrogen) atoms. The summed E-state index contributed by atoms with van der Waals surface area (Å²) in [6.45, 7) is 5.36. The molecular formula is C11H24O4. The van der Waals surface area contributed by atoms with Gasteiger partial charge in [0, 0.05) is 6.61 Å². The van der Waals surface area contributed by atoms with Crippen molar-refractivity contribution in [3.8, 4) is 0 Å². The van der Waals surface area contributed by atoms with E-state index in [4.69, 9.17) is 9.47 Å². The Morgan fingerprint density at radius 3 is 2.07 bits per heavy atom. The van der Waals surface area contributed by atoms with E-state index in [9.17, 15) is 0 Å². The SMILES string of the molecule is CCCCCCOCCOCCOOC. The van der Waals surface area contributed by atoms with Gasteiger partial charge in [-0.15, -0.1) is 0 Å². The topological polar surface area (TPSA) is 36.9 Å². The summed E-state index contributed by atoms with van der Waals surface area (Å²) in [4.78, 5) is 9.05. The lowest BCUT2D eigenvalue weighted by atomic mass is 10.2. The molecule has 0 fully saturated rings. The average molecular weight is 220 g/mol. The van der Waals surface area contributed by atoms with E-state index in [0.717, 1.165) is 13.0 Å². The molecule has 0 aromatic carbocycles. The molecule has 0 bridgehead atoms. The van der Waals surface area contributed by atoms with E-state index < -0.39 is 0 Å². The Balaban J connectivity index is 2.81. The maximum atomic E-state index is 5.39. The molecular weight excluding hydrogens is 196 g/mol. The first-order valence-corrected chi connectivity index (χ1v) is 5.73. The molecule has 0 saturated carbocycles. The standard InChI is InChI=1S/C11H24O4/c1-3-4-5-6-7-13-8-9-14-10-11-15-12-2/h3-11H2,1-2H3. The predicted molar refractivity (Wildman–Crippen MR) is 58.7 cm³/mol. The van der Waals surface area contributed by atoms with Crippen LogP contribution in [0.2, 0.25) is 0 Å². The first-order chi connectivity index (χ1) is 7.41.